The molecule has 9 heteroatoms. The predicted molar refractivity (Wildman–Crippen MR) is 65.9 cm³/mol. The van der Waals surface area contributed by atoms with Gasteiger partial charge in [-0.05, 0) is 12.8 Å². The zero-order valence-electron chi connectivity index (χ0n) is 12.2. The molecule has 0 aromatic rings. The summed E-state index contributed by atoms with van der Waals surface area (Å²) in [7, 11) is 0. The first-order valence-corrected chi connectivity index (χ1v) is 6.91. The fraction of sp³-hybridized carbons (Fsp3) is 0.923. The number of hydrogen-bond donors (Lipinski definition) is 2. The highest BCUT2D eigenvalue weighted by atomic mass is 19.4. The van der Waals surface area contributed by atoms with Gasteiger partial charge in [-0.25, -0.2) is 0 Å². The van der Waals surface area contributed by atoms with Crippen molar-refractivity contribution in [3.8, 4) is 0 Å². The molecule has 0 bridgehead atoms. The molecule has 0 aliphatic carbocycles. The van der Waals surface area contributed by atoms with Gasteiger partial charge in [0.25, 0.3) is 0 Å². The molecule has 2 N–H and O–H groups in total. The van der Waals surface area contributed by atoms with Crippen LogP contribution in [0.1, 0.15) is 39.5 Å². The molecule has 4 unspecified atom stereocenters. The van der Waals surface area contributed by atoms with E-state index in [2.05, 4.69) is 0 Å². The van der Waals surface area contributed by atoms with E-state index in [1.54, 1.807) is 0 Å². The van der Waals surface area contributed by atoms with E-state index in [0.717, 1.165) is 0 Å². The zero-order chi connectivity index (χ0) is 17.7. The first-order chi connectivity index (χ1) is 9.87. The number of carbonyl (C=O) groups is 1. The second-order valence-corrected chi connectivity index (χ2v) is 5.17. The summed E-state index contributed by atoms with van der Waals surface area (Å²) in [5.41, 5.74) is 0. The number of rotatable bonds is 8. The average Bonchev–Trinajstić information content (AvgIpc) is 2.37. The van der Waals surface area contributed by atoms with Gasteiger partial charge in [0, 0.05) is 0 Å². The van der Waals surface area contributed by atoms with Gasteiger partial charge in [-0.15, -0.1) is 0 Å². The van der Waals surface area contributed by atoms with E-state index >= 15 is 0 Å². The molecule has 0 heterocycles. The number of carbonyl (C=O) groups excluding carboxylic acids is 1. The molecular formula is C13H20F6O3. The Balaban J connectivity index is 5.46. The number of ketones is 1. The van der Waals surface area contributed by atoms with Gasteiger partial charge in [0.05, 0.1) is 11.8 Å². The molecule has 0 aliphatic heterocycles. The second kappa shape index (κ2) is 8.14. The van der Waals surface area contributed by atoms with Crippen LogP contribution in [0, 0.1) is 11.8 Å². The van der Waals surface area contributed by atoms with Crippen molar-refractivity contribution in [1.82, 2.24) is 0 Å². The Hall–Kier alpha value is -0.830. The predicted octanol–water partition coefficient (Wildman–Crippen LogP) is 3.23. The van der Waals surface area contributed by atoms with Crippen molar-refractivity contribution in [3.63, 3.8) is 0 Å². The fourth-order valence-electron chi connectivity index (χ4n) is 2.26. The van der Waals surface area contributed by atoms with Crippen molar-refractivity contribution >= 4 is 5.78 Å². The Morgan fingerprint density at radius 1 is 0.818 bits per heavy atom. The van der Waals surface area contributed by atoms with Crippen molar-refractivity contribution in [2.45, 2.75) is 64.1 Å². The highest BCUT2D eigenvalue weighted by Crippen LogP contribution is 2.35. The Morgan fingerprint density at radius 3 is 1.27 bits per heavy atom. The van der Waals surface area contributed by atoms with Crippen LogP contribution in [0.3, 0.4) is 0 Å². The highest BCUT2D eigenvalue weighted by Gasteiger charge is 2.51. The second-order valence-electron chi connectivity index (χ2n) is 5.17. The van der Waals surface area contributed by atoms with Gasteiger partial charge in [-0.2, -0.15) is 26.3 Å². The van der Waals surface area contributed by atoms with Crippen LogP contribution in [0.15, 0.2) is 0 Å². The monoisotopic (exact) mass is 338 g/mol. The highest BCUT2D eigenvalue weighted by molar-refractivity contribution is 5.84. The Kier molecular flexibility index (Phi) is 7.84. The first kappa shape index (κ1) is 21.2. The van der Waals surface area contributed by atoms with E-state index in [9.17, 15) is 41.4 Å². The van der Waals surface area contributed by atoms with Crippen LogP contribution in [0.25, 0.3) is 0 Å². The Morgan fingerprint density at radius 2 is 1.09 bits per heavy atom. The van der Waals surface area contributed by atoms with Gasteiger partial charge in [0.15, 0.2) is 12.2 Å². The minimum atomic E-state index is -5.12. The third kappa shape index (κ3) is 5.75. The maximum absolute atomic E-state index is 12.6. The van der Waals surface area contributed by atoms with Gasteiger partial charge in [0.1, 0.15) is 5.78 Å². The van der Waals surface area contributed by atoms with Crippen molar-refractivity contribution in [3.05, 3.63) is 0 Å². The molecule has 0 radical (unpaired) electrons. The molecule has 4 atom stereocenters. The fourth-order valence-corrected chi connectivity index (χ4v) is 2.26. The summed E-state index contributed by atoms with van der Waals surface area (Å²) in [6.45, 7) is 2.89. The van der Waals surface area contributed by atoms with Crippen LogP contribution < -0.4 is 0 Å². The molecule has 132 valence electrons. The molecule has 22 heavy (non-hydrogen) atoms. The van der Waals surface area contributed by atoms with Gasteiger partial charge in [-0.1, -0.05) is 26.7 Å². The first-order valence-electron chi connectivity index (χ1n) is 6.91. The smallest absolute Gasteiger partial charge is 0.383 e. The number of alkyl halides is 6. The summed E-state index contributed by atoms with van der Waals surface area (Å²) in [5, 5.41) is 18.5. The molecule has 0 aliphatic rings. The molecule has 0 amide bonds. The SMILES string of the molecule is CCCC(C(=O)C(CCC)C(O)C(F)(F)F)C(O)C(F)(F)F. The summed E-state index contributed by atoms with van der Waals surface area (Å²) in [6, 6.07) is 0. The lowest BCUT2D eigenvalue weighted by Gasteiger charge is -2.30. The summed E-state index contributed by atoms with van der Waals surface area (Å²) in [5.74, 6) is -5.43. The number of Topliss-reactive ketones (excluding diaryl/α,β-unsaturated/α-hetero) is 1. The van der Waals surface area contributed by atoms with Crippen LogP contribution >= 0.6 is 0 Å². The van der Waals surface area contributed by atoms with Crippen molar-refractivity contribution in [2.75, 3.05) is 0 Å². The van der Waals surface area contributed by atoms with Crippen LogP contribution in [-0.4, -0.2) is 40.6 Å². The van der Waals surface area contributed by atoms with Crippen LogP contribution in [0.2, 0.25) is 0 Å². The summed E-state index contributed by atoms with van der Waals surface area (Å²) in [4.78, 5) is 12.1. The standard InChI is InChI=1S/C13H20F6O3/c1-3-5-7(10(21)12(14,15)16)9(20)8(6-4-2)11(22)13(17,18)19/h7-8,10-11,21-22H,3-6H2,1-2H3. The lowest BCUT2D eigenvalue weighted by Crippen LogP contribution is -2.47. The van der Waals surface area contributed by atoms with E-state index in [0.29, 0.717) is 0 Å². The van der Waals surface area contributed by atoms with E-state index in [-0.39, 0.29) is 12.8 Å². The van der Waals surface area contributed by atoms with E-state index < -0.39 is 55.0 Å². The molecule has 0 saturated carbocycles. The van der Waals surface area contributed by atoms with Crippen LogP contribution in [0.4, 0.5) is 26.3 Å². The number of halogens is 6. The van der Waals surface area contributed by atoms with E-state index in [4.69, 9.17) is 0 Å². The Labute approximate surface area is 124 Å². The molecule has 0 aromatic carbocycles. The molecule has 0 saturated heterocycles. The lowest BCUT2D eigenvalue weighted by atomic mass is 9.80. The average molecular weight is 338 g/mol. The van der Waals surface area contributed by atoms with Gasteiger partial charge in [0.2, 0.25) is 0 Å². The third-order valence-corrected chi connectivity index (χ3v) is 3.36. The molecule has 0 spiro atoms. The lowest BCUT2D eigenvalue weighted by molar-refractivity contribution is -0.230. The minimum Gasteiger partial charge on any atom is -0.383 e. The molecule has 0 fully saturated rings. The van der Waals surface area contributed by atoms with E-state index in [1.807, 2.05) is 0 Å². The Bertz CT molecular complexity index is 321. The normalized spacial score (nSPS) is 18.6. The molecule has 3 nitrogen and oxygen atoms in total. The van der Waals surface area contributed by atoms with Crippen LogP contribution in [-0.2, 0) is 4.79 Å². The zero-order valence-corrected chi connectivity index (χ0v) is 12.2. The quantitative estimate of drug-likeness (QED) is 0.668. The maximum atomic E-state index is 12.6. The third-order valence-electron chi connectivity index (χ3n) is 3.36. The van der Waals surface area contributed by atoms with Crippen molar-refractivity contribution in [1.29, 1.82) is 0 Å². The van der Waals surface area contributed by atoms with E-state index in [1.165, 1.54) is 13.8 Å². The largest absolute Gasteiger partial charge is 0.415 e. The summed E-state index contributed by atoms with van der Waals surface area (Å²) >= 11 is 0. The molecular weight excluding hydrogens is 318 g/mol. The van der Waals surface area contributed by atoms with Gasteiger partial charge in [-0.3, -0.25) is 4.79 Å². The number of aliphatic hydroxyl groups is 2. The topological polar surface area (TPSA) is 57.5 Å². The van der Waals surface area contributed by atoms with Crippen molar-refractivity contribution in [2.24, 2.45) is 11.8 Å². The van der Waals surface area contributed by atoms with Gasteiger partial charge >= 0.3 is 12.4 Å². The number of hydrogen-bond acceptors (Lipinski definition) is 3. The van der Waals surface area contributed by atoms with Gasteiger partial charge < -0.3 is 10.2 Å². The van der Waals surface area contributed by atoms with Crippen LogP contribution in [0.5, 0.6) is 0 Å². The number of aliphatic hydroxyl groups excluding tert-OH is 2. The molecule has 0 rings (SSSR count). The maximum Gasteiger partial charge on any atom is 0.415 e. The summed E-state index contributed by atoms with van der Waals surface area (Å²) < 4.78 is 75.5. The minimum absolute atomic E-state index is 0.0739. The summed E-state index contributed by atoms with van der Waals surface area (Å²) in [6.07, 6.45) is -17.0. The molecule has 0 aromatic heterocycles. The van der Waals surface area contributed by atoms with Crippen molar-refractivity contribution < 1.29 is 41.4 Å².